The Bertz CT molecular complexity index is 1320. The summed E-state index contributed by atoms with van der Waals surface area (Å²) in [7, 11) is 1.72. The zero-order chi connectivity index (χ0) is 28.3. The number of anilines is 1. The van der Waals surface area contributed by atoms with Crippen LogP contribution in [-0.4, -0.2) is 70.1 Å². The van der Waals surface area contributed by atoms with Crippen molar-refractivity contribution in [2.75, 3.05) is 31.6 Å². The Morgan fingerprint density at radius 3 is 2.33 bits per heavy atom. The highest BCUT2D eigenvalue weighted by Gasteiger charge is 2.30. The van der Waals surface area contributed by atoms with Gasteiger partial charge in [0.05, 0.1) is 11.3 Å². The minimum absolute atomic E-state index is 0.0523. The summed E-state index contributed by atoms with van der Waals surface area (Å²) in [5.74, 6) is -0.0967. The van der Waals surface area contributed by atoms with Crippen molar-refractivity contribution < 1.29 is 18.7 Å². The number of amides is 2. The lowest BCUT2D eigenvalue weighted by atomic mass is 10.1. The van der Waals surface area contributed by atoms with E-state index in [0.717, 1.165) is 30.9 Å². The molecule has 3 aromatic rings. The summed E-state index contributed by atoms with van der Waals surface area (Å²) in [4.78, 5) is 40.2. The quantitative estimate of drug-likeness (QED) is 0.442. The zero-order valence-corrected chi connectivity index (χ0v) is 23.4. The van der Waals surface area contributed by atoms with Crippen LogP contribution >= 0.6 is 0 Å². The smallest absolute Gasteiger partial charge is 0.410 e. The maximum absolute atomic E-state index is 13.2. The molecule has 0 unspecified atom stereocenters. The molecule has 0 aliphatic carbocycles. The predicted octanol–water partition coefficient (Wildman–Crippen LogP) is 5.31. The number of nitrogens with zero attached hydrogens (tertiary/aromatic N) is 5. The van der Waals surface area contributed by atoms with Crippen LogP contribution in [0, 0.1) is 12.7 Å². The molecule has 39 heavy (non-hydrogen) atoms. The Labute approximate surface area is 229 Å². The van der Waals surface area contributed by atoms with Gasteiger partial charge in [-0.05, 0) is 76.6 Å². The van der Waals surface area contributed by atoms with E-state index in [4.69, 9.17) is 4.74 Å². The third-order valence-electron chi connectivity index (χ3n) is 6.69. The topological polar surface area (TPSA) is 78.9 Å². The summed E-state index contributed by atoms with van der Waals surface area (Å²) >= 11 is 0. The van der Waals surface area contributed by atoms with E-state index in [0.29, 0.717) is 29.2 Å². The number of benzene rings is 2. The van der Waals surface area contributed by atoms with Gasteiger partial charge in [0.15, 0.2) is 5.82 Å². The average molecular weight is 534 g/mol. The van der Waals surface area contributed by atoms with Crippen LogP contribution in [0.1, 0.15) is 49.3 Å². The molecule has 2 heterocycles. The number of halogens is 1. The van der Waals surface area contributed by atoms with Crippen molar-refractivity contribution in [3.8, 4) is 11.4 Å². The van der Waals surface area contributed by atoms with Gasteiger partial charge >= 0.3 is 6.09 Å². The van der Waals surface area contributed by atoms with Gasteiger partial charge in [-0.2, -0.15) is 0 Å². The number of piperazine rings is 1. The Morgan fingerprint density at radius 2 is 1.74 bits per heavy atom. The largest absolute Gasteiger partial charge is 0.444 e. The first-order valence-corrected chi connectivity index (χ1v) is 13.1. The normalized spacial score (nSPS) is 16.2. The molecular formula is C30H36FN5O3. The van der Waals surface area contributed by atoms with Gasteiger partial charge in [0.25, 0.3) is 5.91 Å². The molecule has 1 aliphatic rings. The molecule has 1 saturated heterocycles. The van der Waals surface area contributed by atoms with Crippen molar-refractivity contribution in [1.82, 2.24) is 19.8 Å². The van der Waals surface area contributed by atoms with Gasteiger partial charge < -0.3 is 14.5 Å². The van der Waals surface area contributed by atoms with Crippen molar-refractivity contribution in [3.05, 3.63) is 77.4 Å². The molecular weight excluding hydrogens is 497 g/mol. The molecule has 4 rings (SSSR count). The van der Waals surface area contributed by atoms with Gasteiger partial charge in [-0.15, -0.1) is 0 Å². The molecule has 8 nitrogen and oxygen atoms in total. The van der Waals surface area contributed by atoms with E-state index in [9.17, 15) is 14.0 Å². The summed E-state index contributed by atoms with van der Waals surface area (Å²) in [6.07, 6.45) is 1.25. The fraction of sp³-hybridized carbons (Fsp3) is 0.400. The van der Waals surface area contributed by atoms with Gasteiger partial charge in [-0.25, -0.2) is 19.2 Å². The standard InChI is InChI=1S/C30H36FN5O3/c1-20-18-35(15-16-36(20)29(38)39-30(3,4)5)19-22-7-13-25(14-8-22)34(6)28(37)26-17-32-27(33-21(26)2)23-9-11-24(31)12-10-23/h7-14,17,20H,15-16,18-19H2,1-6H3/t20-/m0/s1. The average Bonchev–Trinajstić information content (AvgIpc) is 2.88. The van der Waals surface area contributed by atoms with Crippen molar-refractivity contribution in [1.29, 1.82) is 0 Å². The SMILES string of the molecule is Cc1nc(-c2ccc(F)cc2)ncc1C(=O)N(C)c1ccc(CN2CCN(C(=O)OC(C)(C)C)[C@@H](C)C2)cc1. The molecule has 2 amide bonds. The molecule has 1 aromatic heterocycles. The Hall–Kier alpha value is -3.85. The van der Waals surface area contributed by atoms with Crippen LogP contribution in [0.25, 0.3) is 11.4 Å². The van der Waals surface area contributed by atoms with Gasteiger partial charge in [0.1, 0.15) is 11.4 Å². The van der Waals surface area contributed by atoms with E-state index in [1.807, 2.05) is 52.0 Å². The molecule has 0 N–H and O–H groups in total. The van der Waals surface area contributed by atoms with E-state index in [1.165, 1.54) is 18.3 Å². The fourth-order valence-corrected chi connectivity index (χ4v) is 4.56. The van der Waals surface area contributed by atoms with Crippen molar-refractivity contribution in [2.45, 2.75) is 52.8 Å². The lowest BCUT2D eigenvalue weighted by Gasteiger charge is -2.40. The van der Waals surface area contributed by atoms with E-state index in [-0.39, 0.29) is 23.9 Å². The van der Waals surface area contributed by atoms with Gasteiger partial charge in [0.2, 0.25) is 0 Å². The minimum atomic E-state index is -0.511. The van der Waals surface area contributed by atoms with E-state index in [1.54, 1.807) is 35.9 Å². The number of hydrogen-bond acceptors (Lipinski definition) is 6. The van der Waals surface area contributed by atoms with E-state index >= 15 is 0 Å². The molecule has 0 radical (unpaired) electrons. The summed E-state index contributed by atoms with van der Waals surface area (Å²) < 4.78 is 18.8. The maximum atomic E-state index is 13.2. The minimum Gasteiger partial charge on any atom is -0.444 e. The first-order chi connectivity index (χ1) is 18.4. The molecule has 1 atom stereocenters. The predicted molar refractivity (Wildman–Crippen MR) is 149 cm³/mol. The monoisotopic (exact) mass is 533 g/mol. The molecule has 2 aromatic carbocycles. The summed E-state index contributed by atoms with van der Waals surface area (Å²) in [6.45, 7) is 12.3. The second-order valence-electron chi connectivity index (χ2n) is 11.0. The molecule has 1 aliphatic heterocycles. The van der Waals surface area contributed by atoms with Crippen LogP contribution in [0.2, 0.25) is 0 Å². The van der Waals surface area contributed by atoms with Gasteiger partial charge in [-0.3, -0.25) is 9.69 Å². The number of ether oxygens (including phenoxy) is 1. The molecule has 0 spiro atoms. The fourth-order valence-electron chi connectivity index (χ4n) is 4.56. The van der Waals surface area contributed by atoms with Crippen LogP contribution < -0.4 is 4.90 Å². The second kappa shape index (κ2) is 11.5. The molecule has 0 saturated carbocycles. The van der Waals surface area contributed by atoms with E-state index < -0.39 is 5.60 Å². The Kier molecular flexibility index (Phi) is 8.30. The van der Waals surface area contributed by atoms with Crippen molar-refractivity contribution in [2.24, 2.45) is 0 Å². The molecule has 1 fully saturated rings. The first-order valence-electron chi connectivity index (χ1n) is 13.1. The second-order valence-corrected chi connectivity index (χ2v) is 11.0. The van der Waals surface area contributed by atoms with Crippen LogP contribution in [0.5, 0.6) is 0 Å². The maximum Gasteiger partial charge on any atom is 0.410 e. The molecule has 0 bridgehead atoms. The summed E-state index contributed by atoms with van der Waals surface area (Å²) in [6, 6.07) is 13.9. The Balaban J connectivity index is 1.36. The van der Waals surface area contributed by atoms with Crippen LogP contribution in [-0.2, 0) is 11.3 Å². The van der Waals surface area contributed by atoms with Gasteiger partial charge in [-0.1, -0.05) is 12.1 Å². The number of rotatable bonds is 5. The van der Waals surface area contributed by atoms with Crippen LogP contribution in [0.4, 0.5) is 14.9 Å². The van der Waals surface area contributed by atoms with E-state index in [2.05, 4.69) is 14.9 Å². The first kappa shape index (κ1) is 28.2. The lowest BCUT2D eigenvalue weighted by molar-refractivity contribution is 0.000550. The third kappa shape index (κ3) is 6.97. The summed E-state index contributed by atoms with van der Waals surface area (Å²) in [5.41, 5.74) is 3.02. The highest BCUT2D eigenvalue weighted by Crippen LogP contribution is 2.22. The number of carbonyl (C=O) groups is 2. The Morgan fingerprint density at radius 1 is 1.08 bits per heavy atom. The lowest BCUT2D eigenvalue weighted by Crippen LogP contribution is -2.54. The number of aryl methyl sites for hydroxylation is 1. The highest BCUT2D eigenvalue weighted by atomic mass is 19.1. The van der Waals surface area contributed by atoms with Crippen molar-refractivity contribution in [3.63, 3.8) is 0 Å². The number of aromatic nitrogens is 2. The summed E-state index contributed by atoms with van der Waals surface area (Å²) in [5, 5.41) is 0. The van der Waals surface area contributed by atoms with Crippen molar-refractivity contribution >= 4 is 17.7 Å². The zero-order valence-electron chi connectivity index (χ0n) is 23.4. The number of carbonyl (C=O) groups excluding carboxylic acids is 2. The third-order valence-corrected chi connectivity index (χ3v) is 6.69. The van der Waals surface area contributed by atoms with Gasteiger partial charge in [0, 0.05) is 56.7 Å². The van der Waals surface area contributed by atoms with Crippen LogP contribution in [0.15, 0.2) is 54.7 Å². The molecule has 206 valence electrons. The number of hydrogen-bond donors (Lipinski definition) is 0. The highest BCUT2D eigenvalue weighted by molar-refractivity contribution is 6.06. The van der Waals surface area contributed by atoms with Crippen LogP contribution in [0.3, 0.4) is 0 Å². The molecule has 9 heteroatoms.